The van der Waals surface area contributed by atoms with Crippen molar-refractivity contribution in [2.24, 2.45) is 0 Å². The zero-order valence-corrected chi connectivity index (χ0v) is 32.8. The van der Waals surface area contributed by atoms with Gasteiger partial charge in [-0.25, -0.2) is 0 Å². The number of para-hydroxylation sites is 2. The summed E-state index contributed by atoms with van der Waals surface area (Å²) in [7, 11) is -0.804. The van der Waals surface area contributed by atoms with E-state index in [1.54, 1.807) is 24.6 Å². The molecule has 2 nitrogen and oxygen atoms in total. The van der Waals surface area contributed by atoms with Crippen molar-refractivity contribution in [2.75, 3.05) is 36.2 Å². The molecule has 3 rings (SSSR count). The molecule has 0 fully saturated rings. The lowest BCUT2D eigenvalue weighted by atomic mass is 10.1. The largest absolute Gasteiger partial charge is 1.00 e. The van der Waals surface area contributed by atoms with Gasteiger partial charge < -0.3 is 26.6 Å². The molecule has 0 atom stereocenters. The van der Waals surface area contributed by atoms with Crippen molar-refractivity contribution in [3.8, 4) is 0 Å². The number of rotatable bonds is 27. The molecule has 0 saturated heterocycles. The Balaban J connectivity index is 0.00000768. The molecule has 0 aliphatic carbocycles. The van der Waals surface area contributed by atoms with Crippen molar-refractivity contribution >= 4 is 24.3 Å². The topological polar surface area (TPSA) is 12.5 Å². The van der Waals surface area contributed by atoms with Crippen LogP contribution in [0.4, 0.5) is 17.1 Å². The smallest absolute Gasteiger partial charge is 0.0716 e. The van der Waals surface area contributed by atoms with Crippen LogP contribution in [0.5, 0.6) is 0 Å². The Kier molecular flexibility index (Phi) is 23.2. The van der Waals surface area contributed by atoms with E-state index < -0.39 is 7.26 Å². The van der Waals surface area contributed by atoms with Crippen LogP contribution in [0.3, 0.4) is 0 Å². The fourth-order valence-corrected chi connectivity index (χ4v) is 11.7. The zero-order valence-electron chi connectivity index (χ0n) is 30.3. The fourth-order valence-electron chi connectivity index (χ4n) is 6.83. The number of halogens is 1. The van der Waals surface area contributed by atoms with Crippen molar-refractivity contribution < 1.29 is 21.7 Å². The number of unbranched alkanes of at least 4 members (excludes halogenated alkanes) is 12. The second-order valence-electron chi connectivity index (χ2n) is 13.6. The van der Waals surface area contributed by atoms with E-state index in [1.807, 2.05) is 0 Å². The van der Waals surface area contributed by atoms with Gasteiger partial charge in [0.1, 0.15) is 0 Å². The van der Waals surface area contributed by atoms with Gasteiger partial charge in [-0.15, -0.1) is 0 Å². The first kappa shape index (κ1) is 41.5. The molecule has 0 spiro atoms. The number of anilines is 3. The monoisotopic (exact) mass is 723 g/mol. The van der Waals surface area contributed by atoms with Crippen LogP contribution in [0.2, 0.25) is 0 Å². The predicted octanol–water partition coefficient (Wildman–Crippen LogP) is 11.0. The van der Waals surface area contributed by atoms with Crippen LogP contribution in [-0.2, 0) is 11.3 Å². The van der Waals surface area contributed by atoms with Crippen LogP contribution in [0, 0.1) is 0 Å². The zero-order chi connectivity index (χ0) is 32.5. The number of hydrogen-bond acceptors (Lipinski definition) is 2. The Morgan fingerprint density at radius 3 is 1.26 bits per heavy atom. The Labute approximate surface area is 301 Å². The quantitative estimate of drug-likeness (QED) is 0.0573. The molecule has 0 bridgehead atoms. The second-order valence-corrected chi connectivity index (χ2v) is 18.0. The lowest BCUT2D eigenvalue weighted by Gasteiger charge is -2.28. The average Bonchev–Trinajstić information content (AvgIpc) is 3.10. The summed E-state index contributed by atoms with van der Waals surface area (Å²) in [4.78, 5) is 2.31. The van der Waals surface area contributed by atoms with E-state index >= 15 is 0 Å². The summed E-state index contributed by atoms with van der Waals surface area (Å²) in [6.45, 7) is 8.61. The molecule has 0 N–H and O–H groups in total. The molecule has 0 unspecified atom stereocenters. The van der Waals surface area contributed by atoms with Gasteiger partial charge in [0.05, 0.1) is 31.3 Å². The molecule has 3 aromatic carbocycles. The molecule has 0 radical (unpaired) electrons. The highest BCUT2D eigenvalue weighted by Crippen LogP contribution is 2.61. The Bertz CT molecular complexity index is 1050. The molecule has 262 valence electrons. The van der Waals surface area contributed by atoms with Crippen molar-refractivity contribution in [1.82, 2.24) is 0 Å². The van der Waals surface area contributed by atoms with E-state index in [-0.39, 0.29) is 17.0 Å². The van der Waals surface area contributed by atoms with E-state index in [4.69, 9.17) is 4.74 Å². The van der Waals surface area contributed by atoms with E-state index in [0.29, 0.717) is 6.61 Å². The number of ether oxygens (including phenoxy) is 1. The molecule has 0 aliphatic rings. The molecule has 0 amide bonds. The second kappa shape index (κ2) is 26.2. The molecule has 4 heteroatoms. The SMILES string of the molecule is CCCCCC[P+](CCCCCC)(CCCCCC)CCCCCCOCc1ccc(N(c2ccccc2)c2ccccc2)cc1.[Br-]. The molecule has 0 aromatic heterocycles. The van der Waals surface area contributed by atoms with E-state index in [2.05, 4.69) is 111 Å². The lowest BCUT2D eigenvalue weighted by Crippen LogP contribution is -3.00. The summed E-state index contributed by atoms with van der Waals surface area (Å²) < 4.78 is 6.16. The maximum Gasteiger partial charge on any atom is 0.0716 e. The van der Waals surface area contributed by atoms with Gasteiger partial charge >= 0.3 is 0 Å². The van der Waals surface area contributed by atoms with Crippen LogP contribution < -0.4 is 21.9 Å². The minimum Gasteiger partial charge on any atom is -1.00 e. The Morgan fingerprint density at radius 2 is 0.830 bits per heavy atom. The molecule has 0 heterocycles. The summed E-state index contributed by atoms with van der Waals surface area (Å²) >= 11 is 0. The summed E-state index contributed by atoms with van der Waals surface area (Å²) in [5.74, 6) is 0. The van der Waals surface area contributed by atoms with E-state index in [9.17, 15) is 0 Å². The van der Waals surface area contributed by atoms with Gasteiger partial charge in [0.25, 0.3) is 0 Å². The predicted molar refractivity (Wildman–Crippen MR) is 208 cm³/mol. The summed E-state index contributed by atoms with van der Waals surface area (Å²) in [6.07, 6.45) is 28.8. The number of benzene rings is 3. The maximum atomic E-state index is 6.16. The first-order chi connectivity index (χ1) is 22.7. The fraction of sp³-hybridized carbons (Fsp3) is 0.581. The number of hydrogen-bond donors (Lipinski definition) is 0. The molecule has 3 aromatic rings. The molecule has 47 heavy (non-hydrogen) atoms. The third kappa shape index (κ3) is 16.5. The van der Waals surface area contributed by atoms with Gasteiger partial charge in [0, 0.05) is 30.9 Å². The summed E-state index contributed by atoms with van der Waals surface area (Å²) in [5, 5.41) is 0. The van der Waals surface area contributed by atoms with Gasteiger partial charge in [-0.05, 0) is 99.7 Å². The molecule has 0 saturated carbocycles. The van der Waals surface area contributed by atoms with Gasteiger partial charge in [-0.2, -0.15) is 0 Å². The van der Waals surface area contributed by atoms with Crippen molar-refractivity contribution in [3.63, 3.8) is 0 Å². The van der Waals surface area contributed by atoms with Gasteiger partial charge in [0.15, 0.2) is 0 Å². The van der Waals surface area contributed by atoms with E-state index in [0.717, 1.165) is 6.61 Å². The van der Waals surface area contributed by atoms with Crippen molar-refractivity contribution in [3.05, 3.63) is 90.5 Å². The summed E-state index contributed by atoms with van der Waals surface area (Å²) in [6, 6.07) is 30.1. The average molecular weight is 725 g/mol. The molecular formula is C43H67BrNOP. The third-order valence-electron chi connectivity index (χ3n) is 9.62. The van der Waals surface area contributed by atoms with Crippen molar-refractivity contribution in [1.29, 1.82) is 0 Å². The standard InChI is InChI=1S/C43H67NOP.BrH/c1-4-7-10-22-35-46(36-23-11-8-5-2,37-24-12-9-6-3)38-25-14-13-21-34-45-39-40-30-32-43(33-31-40)44(41-26-17-15-18-27-41)42-28-19-16-20-29-42;/h15-20,26-33H,4-14,21-25,34-39H2,1-3H3;1H/q+1;/p-1. The highest BCUT2D eigenvalue weighted by atomic mass is 79.9. The van der Waals surface area contributed by atoms with Crippen LogP contribution >= 0.6 is 7.26 Å². The van der Waals surface area contributed by atoms with Gasteiger partial charge in [-0.3, -0.25) is 0 Å². The van der Waals surface area contributed by atoms with Crippen LogP contribution in [0.1, 0.15) is 129 Å². The lowest BCUT2D eigenvalue weighted by molar-refractivity contribution is -0.0000103. The van der Waals surface area contributed by atoms with Crippen LogP contribution in [0.25, 0.3) is 0 Å². The molecule has 0 aliphatic heterocycles. The first-order valence-electron chi connectivity index (χ1n) is 19.1. The Hall–Kier alpha value is -1.67. The van der Waals surface area contributed by atoms with Gasteiger partial charge in [0.2, 0.25) is 0 Å². The van der Waals surface area contributed by atoms with Crippen molar-refractivity contribution in [2.45, 2.75) is 130 Å². The highest BCUT2D eigenvalue weighted by Gasteiger charge is 2.34. The Morgan fingerprint density at radius 1 is 0.447 bits per heavy atom. The van der Waals surface area contributed by atoms with Crippen LogP contribution in [-0.4, -0.2) is 31.3 Å². The third-order valence-corrected chi connectivity index (χ3v) is 14.7. The highest BCUT2D eigenvalue weighted by molar-refractivity contribution is 7.75. The van der Waals surface area contributed by atoms with Crippen LogP contribution in [0.15, 0.2) is 84.9 Å². The summed E-state index contributed by atoms with van der Waals surface area (Å²) in [5.41, 5.74) is 4.75. The minimum atomic E-state index is -0.804. The molecular weight excluding hydrogens is 657 g/mol. The maximum absolute atomic E-state index is 6.16. The van der Waals surface area contributed by atoms with Gasteiger partial charge in [-0.1, -0.05) is 114 Å². The normalized spacial score (nSPS) is 11.4. The number of nitrogens with zero attached hydrogens (tertiary/aromatic N) is 1. The minimum absolute atomic E-state index is 0. The first-order valence-corrected chi connectivity index (χ1v) is 21.7. The van der Waals surface area contributed by atoms with E-state index in [1.165, 1.54) is 125 Å².